The minimum absolute atomic E-state index is 0.108. The average Bonchev–Trinajstić information content (AvgIpc) is 2.52. The van der Waals surface area contributed by atoms with Crippen molar-refractivity contribution in [2.75, 3.05) is 32.8 Å². The molecule has 1 saturated heterocycles. The Hall–Kier alpha value is -1.24. The molecular formula is C16H25N3O2S. The highest BCUT2D eigenvalue weighted by molar-refractivity contribution is 7.71. The van der Waals surface area contributed by atoms with E-state index < -0.39 is 0 Å². The first-order valence-electron chi connectivity index (χ1n) is 7.85. The molecule has 0 bridgehead atoms. The van der Waals surface area contributed by atoms with E-state index >= 15 is 0 Å². The minimum Gasteiger partial charge on any atom is -0.379 e. The van der Waals surface area contributed by atoms with Crippen LogP contribution in [0.4, 0.5) is 0 Å². The van der Waals surface area contributed by atoms with Crippen LogP contribution < -0.4 is 5.32 Å². The van der Waals surface area contributed by atoms with Gasteiger partial charge in [-0.3, -0.25) is 9.69 Å². The van der Waals surface area contributed by atoms with Gasteiger partial charge in [0, 0.05) is 31.9 Å². The van der Waals surface area contributed by atoms with Crippen LogP contribution in [0.5, 0.6) is 0 Å². The minimum atomic E-state index is -0.108. The van der Waals surface area contributed by atoms with E-state index in [1.165, 1.54) is 0 Å². The van der Waals surface area contributed by atoms with Crippen molar-refractivity contribution >= 4 is 18.1 Å². The summed E-state index contributed by atoms with van der Waals surface area (Å²) in [6, 6.07) is 3.88. The number of carbonyl (C=O) groups is 1. The number of amides is 1. The summed E-state index contributed by atoms with van der Waals surface area (Å²) < 4.78 is 5.90. The summed E-state index contributed by atoms with van der Waals surface area (Å²) >= 11 is 5.16. The monoisotopic (exact) mass is 323 g/mol. The average molecular weight is 323 g/mol. The zero-order chi connectivity index (χ0) is 15.9. The summed E-state index contributed by atoms with van der Waals surface area (Å²) in [5.41, 5.74) is 0.530. The van der Waals surface area contributed by atoms with Crippen molar-refractivity contribution in [3.05, 3.63) is 28.5 Å². The second kappa shape index (κ2) is 8.41. The molecule has 1 fully saturated rings. The molecule has 1 aliphatic rings. The van der Waals surface area contributed by atoms with Crippen molar-refractivity contribution in [3.63, 3.8) is 0 Å². The lowest BCUT2D eigenvalue weighted by Gasteiger charge is -2.35. The largest absolute Gasteiger partial charge is 0.379 e. The van der Waals surface area contributed by atoms with Gasteiger partial charge in [0.05, 0.1) is 18.8 Å². The molecule has 0 spiro atoms. The van der Waals surface area contributed by atoms with Gasteiger partial charge in [0.2, 0.25) is 0 Å². The van der Waals surface area contributed by atoms with Gasteiger partial charge in [-0.25, -0.2) is 0 Å². The number of pyridine rings is 1. The highest BCUT2D eigenvalue weighted by Crippen LogP contribution is 2.13. The third-order valence-electron chi connectivity index (χ3n) is 3.87. The zero-order valence-corrected chi connectivity index (χ0v) is 14.1. The Kier molecular flexibility index (Phi) is 6.54. The number of rotatable bonds is 6. The van der Waals surface area contributed by atoms with Crippen LogP contribution in [0, 0.1) is 10.6 Å². The van der Waals surface area contributed by atoms with Crippen molar-refractivity contribution in [2.45, 2.75) is 26.3 Å². The van der Waals surface area contributed by atoms with Gasteiger partial charge >= 0.3 is 0 Å². The fourth-order valence-electron chi connectivity index (χ4n) is 2.75. The first-order valence-corrected chi connectivity index (χ1v) is 8.26. The van der Waals surface area contributed by atoms with Gasteiger partial charge in [0.25, 0.3) is 5.91 Å². The van der Waals surface area contributed by atoms with E-state index in [1.807, 2.05) is 0 Å². The molecular weight excluding hydrogens is 298 g/mol. The number of morpholine rings is 1. The van der Waals surface area contributed by atoms with Crippen molar-refractivity contribution in [3.8, 4) is 0 Å². The number of nitrogens with zero attached hydrogens (tertiary/aromatic N) is 1. The second-order valence-electron chi connectivity index (χ2n) is 6.05. The smallest absolute Gasteiger partial charge is 0.254 e. The van der Waals surface area contributed by atoms with Crippen LogP contribution in [0.1, 0.15) is 30.6 Å². The summed E-state index contributed by atoms with van der Waals surface area (Å²) in [5, 5.41) is 3.03. The van der Waals surface area contributed by atoms with Crippen LogP contribution in [0.2, 0.25) is 0 Å². The Balaban J connectivity index is 1.96. The fourth-order valence-corrected chi connectivity index (χ4v) is 2.98. The predicted octanol–water partition coefficient (Wildman–Crippen LogP) is 2.22. The molecule has 0 saturated carbocycles. The lowest BCUT2D eigenvalue weighted by molar-refractivity contribution is 0.0124. The van der Waals surface area contributed by atoms with Gasteiger partial charge in [-0.2, -0.15) is 0 Å². The first-order chi connectivity index (χ1) is 10.6. The maximum atomic E-state index is 12.3. The van der Waals surface area contributed by atoms with Gasteiger partial charge < -0.3 is 15.0 Å². The molecule has 1 atom stereocenters. The Morgan fingerprint density at radius 2 is 2.18 bits per heavy atom. The van der Waals surface area contributed by atoms with E-state index in [4.69, 9.17) is 17.0 Å². The summed E-state index contributed by atoms with van der Waals surface area (Å²) in [6.45, 7) is 8.46. The van der Waals surface area contributed by atoms with Crippen molar-refractivity contribution in [1.29, 1.82) is 0 Å². The summed E-state index contributed by atoms with van der Waals surface area (Å²) in [7, 11) is 0. The molecule has 0 radical (unpaired) electrons. The van der Waals surface area contributed by atoms with Gasteiger partial charge in [-0.1, -0.05) is 26.1 Å². The van der Waals surface area contributed by atoms with Crippen LogP contribution in [-0.4, -0.2) is 54.7 Å². The van der Waals surface area contributed by atoms with E-state index in [-0.39, 0.29) is 5.91 Å². The number of nitrogens with one attached hydrogen (secondary N) is 2. The van der Waals surface area contributed by atoms with E-state index in [1.54, 1.807) is 18.3 Å². The maximum absolute atomic E-state index is 12.3. The normalized spacial score (nSPS) is 17.4. The van der Waals surface area contributed by atoms with Crippen LogP contribution in [-0.2, 0) is 4.74 Å². The maximum Gasteiger partial charge on any atom is 0.254 e. The highest BCUT2D eigenvalue weighted by atomic mass is 32.1. The number of hydrogen-bond donors (Lipinski definition) is 2. The van der Waals surface area contributed by atoms with Crippen LogP contribution in [0.15, 0.2) is 18.3 Å². The first kappa shape index (κ1) is 17.1. The number of H-pyrrole nitrogens is 1. The zero-order valence-electron chi connectivity index (χ0n) is 13.3. The molecule has 1 aromatic rings. The van der Waals surface area contributed by atoms with Crippen molar-refractivity contribution in [1.82, 2.24) is 15.2 Å². The van der Waals surface area contributed by atoms with E-state index in [0.717, 1.165) is 32.7 Å². The predicted molar refractivity (Wildman–Crippen MR) is 89.6 cm³/mol. The molecule has 2 N–H and O–H groups in total. The number of hydrogen-bond acceptors (Lipinski definition) is 4. The van der Waals surface area contributed by atoms with Crippen LogP contribution in [0.3, 0.4) is 0 Å². The molecule has 0 aliphatic carbocycles. The number of ether oxygens (including phenoxy) is 1. The lowest BCUT2D eigenvalue weighted by atomic mass is 10.0. The molecule has 1 aliphatic heterocycles. The number of carbonyl (C=O) groups excluding carboxylic acids is 1. The molecule has 0 aromatic carbocycles. The van der Waals surface area contributed by atoms with Crippen LogP contribution in [0.25, 0.3) is 0 Å². The van der Waals surface area contributed by atoms with Gasteiger partial charge in [-0.15, -0.1) is 0 Å². The van der Waals surface area contributed by atoms with Gasteiger partial charge in [0.15, 0.2) is 0 Å². The molecule has 122 valence electrons. The Morgan fingerprint density at radius 1 is 1.45 bits per heavy atom. The Bertz CT molecular complexity index is 538. The lowest BCUT2D eigenvalue weighted by Crippen LogP contribution is -2.49. The summed E-state index contributed by atoms with van der Waals surface area (Å²) in [4.78, 5) is 17.6. The third kappa shape index (κ3) is 4.90. The van der Waals surface area contributed by atoms with Gasteiger partial charge in [0.1, 0.15) is 4.64 Å². The third-order valence-corrected chi connectivity index (χ3v) is 4.20. The molecule has 5 nitrogen and oxygen atoms in total. The molecule has 1 unspecified atom stereocenters. The molecule has 2 rings (SSSR count). The molecule has 1 aromatic heterocycles. The fraction of sp³-hybridized carbons (Fsp3) is 0.625. The van der Waals surface area contributed by atoms with Gasteiger partial charge in [-0.05, 0) is 24.5 Å². The number of aromatic amines is 1. The van der Waals surface area contributed by atoms with E-state index in [0.29, 0.717) is 28.7 Å². The molecule has 6 heteroatoms. The topological polar surface area (TPSA) is 57.4 Å². The summed E-state index contributed by atoms with van der Waals surface area (Å²) in [5.74, 6) is 0.480. The Labute approximate surface area is 137 Å². The standard InChI is InChI=1S/C16H25N3O2S/c1-12(2)10-13(19-6-8-21-9-7-19)11-18-15(20)14-4-3-5-17-16(14)22/h3-5,12-13H,6-11H2,1-2H3,(H,17,22)(H,18,20). The van der Waals surface area contributed by atoms with Crippen molar-refractivity contribution in [2.24, 2.45) is 5.92 Å². The highest BCUT2D eigenvalue weighted by Gasteiger charge is 2.22. The quantitative estimate of drug-likeness (QED) is 0.788. The molecule has 2 heterocycles. The molecule has 22 heavy (non-hydrogen) atoms. The second-order valence-corrected chi connectivity index (χ2v) is 6.46. The van der Waals surface area contributed by atoms with Crippen LogP contribution >= 0.6 is 12.2 Å². The Morgan fingerprint density at radius 3 is 2.82 bits per heavy atom. The number of aromatic nitrogens is 1. The van der Waals surface area contributed by atoms with E-state index in [2.05, 4.69) is 29.0 Å². The molecule has 1 amide bonds. The SMILES string of the molecule is CC(C)CC(CNC(=O)c1ccc[nH]c1=S)N1CCOCC1. The summed E-state index contributed by atoms with van der Waals surface area (Å²) in [6.07, 6.45) is 2.79. The van der Waals surface area contributed by atoms with Crippen molar-refractivity contribution < 1.29 is 9.53 Å². The van der Waals surface area contributed by atoms with E-state index in [9.17, 15) is 4.79 Å².